The van der Waals surface area contributed by atoms with Crippen LogP contribution in [0, 0.1) is 0 Å². The molecule has 0 aliphatic carbocycles. The van der Waals surface area contributed by atoms with Crippen LogP contribution in [-0.2, 0) is 26.2 Å². The normalized spacial score (nSPS) is 12.2. The van der Waals surface area contributed by atoms with Crippen LogP contribution in [0.1, 0.15) is 45.6 Å². The summed E-state index contributed by atoms with van der Waals surface area (Å²) in [6.07, 6.45) is 1.88. The third-order valence-corrected chi connectivity index (χ3v) is 7.17. The molecule has 2 rings (SSSR count). The minimum absolute atomic E-state index is 0.0614. The van der Waals surface area contributed by atoms with Crippen molar-refractivity contribution in [2.24, 2.45) is 0 Å². The Bertz CT molecular complexity index is 1140. The molecule has 0 aliphatic rings. The molecule has 0 aromatic heterocycles. The van der Waals surface area contributed by atoms with Gasteiger partial charge in [0, 0.05) is 36.6 Å². The number of nitrogens with one attached hydrogen (secondary N) is 1. The van der Waals surface area contributed by atoms with Crippen molar-refractivity contribution in [2.75, 3.05) is 24.2 Å². The molecule has 0 bridgehead atoms. The van der Waals surface area contributed by atoms with Crippen LogP contribution in [-0.4, -0.2) is 57.1 Å². The number of sulfonamides is 1. The Hall–Kier alpha value is -2.78. The molecule has 36 heavy (non-hydrogen) atoms. The van der Waals surface area contributed by atoms with Gasteiger partial charge in [0.1, 0.15) is 11.8 Å². The highest BCUT2D eigenvalue weighted by Gasteiger charge is 2.29. The van der Waals surface area contributed by atoms with E-state index in [1.165, 1.54) is 16.3 Å². The Morgan fingerprint density at radius 1 is 1.11 bits per heavy atom. The van der Waals surface area contributed by atoms with Gasteiger partial charge in [0.05, 0.1) is 19.1 Å². The molecule has 198 valence electrons. The molecule has 1 N–H and O–H groups in total. The second-order valence-electron chi connectivity index (χ2n) is 8.84. The Balaban J connectivity index is 2.24. The fourth-order valence-electron chi connectivity index (χ4n) is 3.88. The van der Waals surface area contributed by atoms with Gasteiger partial charge in [-0.1, -0.05) is 42.8 Å². The largest absolute Gasteiger partial charge is 0.497 e. The van der Waals surface area contributed by atoms with E-state index in [4.69, 9.17) is 16.3 Å². The predicted molar refractivity (Wildman–Crippen MR) is 144 cm³/mol. The topological polar surface area (TPSA) is 96.0 Å². The van der Waals surface area contributed by atoms with E-state index in [1.54, 1.807) is 36.4 Å². The van der Waals surface area contributed by atoms with Gasteiger partial charge < -0.3 is 15.0 Å². The van der Waals surface area contributed by atoms with Gasteiger partial charge in [0.2, 0.25) is 21.8 Å². The van der Waals surface area contributed by atoms with Crippen molar-refractivity contribution in [1.82, 2.24) is 10.2 Å². The highest BCUT2D eigenvalue weighted by molar-refractivity contribution is 7.92. The highest BCUT2D eigenvalue weighted by atomic mass is 35.5. The third-order valence-electron chi connectivity index (χ3n) is 5.61. The Labute approximate surface area is 219 Å². The van der Waals surface area contributed by atoms with E-state index in [-0.39, 0.29) is 43.8 Å². The van der Waals surface area contributed by atoms with Gasteiger partial charge in [-0.3, -0.25) is 13.9 Å². The summed E-state index contributed by atoms with van der Waals surface area (Å²) in [4.78, 5) is 27.9. The summed E-state index contributed by atoms with van der Waals surface area (Å²) in [5.74, 6) is 0.0481. The molecule has 2 amide bonds. The Kier molecular flexibility index (Phi) is 11.0. The van der Waals surface area contributed by atoms with Crippen molar-refractivity contribution in [3.63, 3.8) is 0 Å². The molecule has 0 saturated heterocycles. The van der Waals surface area contributed by atoms with Crippen LogP contribution in [0.5, 0.6) is 5.75 Å². The fraction of sp³-hybridized carbons (Fsp3) is 0.462. The predicted octanol–water partition coefficient (Wildman–Crippen LogP) is 4.23. The van der Waals surface area contributed by atoms with Crippen molar-refractivity contribution in [1.29, 1.82) is 0 Å². The maximum atomic E-state index is 13.4. The number of nitrogens with zero attached hydrogens (tertiary/aromatic N) is 2. The minimum atomic E-state index is -3.59. The first-order valence-corrected chi connectivity index (χ1v) is 14.2. The summed E-state index contributed by atoms with van der Waals surface area (Å²) in [5, 5.41) is 3.40. The molecular formula is C26H36ClN3O5S. The zero-order valence-corrected chi connectivity index (χ0v) is 23.1. The van der Waals surface area contributed by atoms with Crippen LogP contribution in [0.4, 0.5) is 5.69 Å². The Morgan fingerprint density at radius 3 is 2.39 bits per heavy atom. The first-order chi connectivity index (χ1) is 17.0. The van der Waals surface area contributed by atoms with Crippen molar-refractivity contribution >= 4 is 39.1 Å². The number of hydrogen-bond donors (Lipinski definition) is 1. The summed E-state index contributed by atoms with van der Waals surface area (Å²) in [5.41, 5.74) is 1.19. The lowest BCUT2D eigenvalue weighted by atomic mass is 10.1. The van der Waals surface area contributed by atoms with Gasteiger partial charge in [-0.2, -0.15) is 0 Å². The van der Waals surface area contributed by atoms with E-state index < -0.39 is 16.1 Å². The van der Waals surface area contributed by atoms with Gasteiger partial charge in [-0.15, -0.1) is 0 Å². The van der Waals surface area contributed by atoms with E-state index >= 15 is 0 Å². The van der Waals surface area contributed by atoms with E-state index in [2.05, 4.69) is 5.32 Å². The molecule has 0 heterocycles. The standard InChI is InChI=1S/C26H36ClN3O5S/c1-6-24(26(32)28-19(2)3)29(18-20-11-7-8-14-23(20)27)25(31)15-10-16-30(36(5,33)34)21-12-9-13-22(17-21)35-4/h7-9,11-14,17,19,24H,6,10,15-16,18H2,1-5H3,(H,28,32)/t24-/m1/s1. The number of methoxy groups -OCH3 is 1. The number of benzene rings is 2. The summed E-state index contributed by atoms with van der Waals surface area (Å²) in [6.45, 7) is 5.86. The van der Waals surface area contributed by atoms with E-state index in [9.17, 15) is 18.0 Å². The number of carbonyl (C=O) groups excluding carboxylic acids is 2. The van der Waals surface area contributed by atoms with Crippen molar-refractivity contribution in [2.45, 2.75) is 58.7 Å². The quantitative estimate of drug-likeness (QED) is 0.412. The number of rotatable bonds is 13. The number of ether oxygens (including phenoxy) is 1. The van der Waals surface area contributed by atoms with Crippen LogP contribution in [0.2, 0.25) is 5.02 Å². The number of amides is 2. The molecule has 0 aliphatic heterocycles. The van der Waals surface area contributed by atoms with E-state index in [1.807, 2.05) is 32.9 Å². The van der Waals surface area contributed by atoms with Crippen molar-refractivity contribution in [3.05, 3.63) is 59.1 Å². The first-order valence-electron chi connectivity index (χ1n) is 11.9. The lowest BCUT2D eigenvalue weighted by Crippen LogP contribution is -2.50. The van der Waals surface area contributed by atoms with Crippen molar-refractivity contribution in [3.8, 4) is 5.75 Å². The van der Waals surface area contributed by atoms with E-state index in [0.717, 1.165) is 11.8 Å². The molecule has 0 fully saturated rings. The summed E-state index contributed by atoms with van der Waals surface area (Å²) < 4.78 is 31.4. The summed E-state index contributed by atoms with van der Waals surface area (Å²) in [7, 11) is -2.08. The molecule has 10 heteroatoms. The zero-order valence-electron chi connectivity index (χ0n) is 21.5. The fourth-order valence-corrected chi connectivity index (χ4v) is 5.03. The molecule has 2 aromatic carbocycles. The average molecular weight is 538 g/mol. The molecule has 0 saturated carbocycles. The third kappa shape index (κ3) is 8.41. The summed E-state index contributed by atoms with van der Waals surface area (Å²) in [6, 6.07) is 13.2. The van der Waals surface area contributed by atoms with Crippen molar-refractivity contribution < 1.29 is 22.7 Å². The molecule has 8 nitrogen and oxygen atoms in total. The Morgan fingerprint density at radius 2 is 1.81 bits per heavy atom. The molecule has 2 aromatic rings. The minimum Gasteiger partial charge on any atom is -0.497 e. The second-order valence-corrected chi connectivity index (χ2v) is 11.2. The van der Waals surface area contributed by atoms with Crippen LogP contribution in [0.3, 0.4) is 0 Å². The molecular weight excluding hydrogens is 502 g/mol. The molecule has 1 atom stereocenters. The van der Waals surface area contributed by atoms with Crippen LogP contribution >= 0.6 is 11.6 Å². The number of hydrogen-bond acceptors (Lipinski definition) is 5. The van der Waals surface area contributed by atoms with Gasteiger partial charge in [-0.05, 0) is 50.5 Å². The lowest BCUT2D eigenvalue weighted by molar-refractivity contribution is -0.141. The SMILES string of the molecule is CC[C@H](C(=O)NC(C)C)N(Cc1ccccc1Cl)C(=O)CCCN(c1cccc(OC)c1)S(C)(=O)=O. The molecule has 0 unspecified atom stereocenters. The van der Waals surface area contributed by atoms with Crippen LogP contribution in [0.15, 0.2) is 48.5 Å². The maximum absolute atomic E-state index is 13.4. The summed E-state index contributed by atoms with van der Waals surface area (Å²) >= 11 is 6.35. The van der Waals surface area contributed by atoms with Crippen LogP contribution in [0.25, 0.3) is 0 Å². The van der Waals surface area contributed by atoms with Gasteiger partial charge >= 0.3 is 0 Å². The van der Waals surface area contributed by atoms with Gasteiger partial charge in [0.25, 0.3) is 0 Å². The number of halogens is 1. The second kappa shape index (κ2) is 13.5. The lowest BCUT2D eigenvalue weighted by Gasteiger charge is -2.32. The molecule has 0 radical (unpaired) electrons. The maximum Gasteiger partial charge on any atom is 0.243 e. The monoisotopic (exact) mass is 537 g/mol. The zero-order chi connectivity index (χ0) is 26.9. The smallest absolute Gasteiger partial charge is 0.243 e. The van der Waals surface area contributed by atoms with Gasteiger partial charge in [-0.25, -0.2) is 8.42 Å². The number of carbonyl (C=O) groups is 2. The highest BCUT2D eigenvalue weighted by Crippen LogP contribution is 2.24. The molecule has 0 spiro atoms. The van der Waals surface area contributed by atoms with Crippen LogP contribution < -0.4 is 14.4 Å². The number of anilines is 1. The van der Waals surface area contributed by atoms with E-state index in [0.29, 0.717) is 22.9 Å². The first kappa shape index (κ1) is 29.5. The average Bonchev–Trinajstić information content (AvgIpc) is 2.81. The van der Waals surface area contributed by atoms with Gasteiger partial charge in [0.15, 0.2) is 0 Å².